The van der Waals surface area contributed by atoms with Gasteiger partial charge in [0.2, 0.25) is 5.91 Å². The van der Waals surface area contributed by atoms with Crippen LogP contribution in [0.4, 0.5) is 0 Å². The van der Waals surface area contributed by atoms with Crippen LogP contribution in [-0.4, -0.2) is 15.9 Å². The summed E-state index contributed by atoms with van der Waals surface area (Å²) >= 11 is 13.6. The number of pyridine rings is 1. The Bertz CT molecular complexity index is 889. The summed E-state index contributed by atoms with van der Waals surface area (Å²) in [6, 6.07) is 8.99. The standard InChI is InChI=1S/C18H13Cl2N3OS/c19-14-2-1-3-15(20)13(14)4-5-17(24)22-10-18-23-16(11-25-18)12-6-8-21-9-7-12/h1-9,11H,10H2,(H,22,24)/b5-4+. The number of carbonyl (C=O) groups is 1. The zero-order chi connectivity index (χ0) is 17.6. The topological polar surface area (TPSA) is 54.9 Å². The minimum absolute atomic E-state index is 0.239. The third-order valence-corrected chi connectivity index (χ3v) is 4.85. The highest BCUT2D eigenvalue weighted by Crippen LogP contribution is 2.25. The van der Waals surface area contributed by atoms with Crippen molar-refractivity contribution in [2.24, 2.45) is 0 Å². The summed E-state index contributed by atoms with van der Waals surface area (Å²) in [6.07, 6.45) is 6.45. The Morgan fingerprint density at radius 3 is 2.60 bits per heavy atom. The van der Waals surface area contributed by atoms with E-state index >= 15 is 0 Å². The number of aromatic nitrogens is 2. The molecule has 0 aliphatic rings. The molecule has 0 unspecified atom stereocenters. The van der Waals surface area contributed by atoms with Gasteiger partial charge in [-0.25, -0.2) is 4.98 Å². The molecule has 1 N–H and O–H groups in total. The summed E-state index contributed by atoms with van der Waals surface area (Å²) in [5, 5.41) is 6.57. The average molecular weight is 390 g/mol. The van der Waals surface area contributed by atoms with E-state index in [4.69, 9.17) is 23.2 Å². The second kappa shape index (κ2) is 8.25. The molecule has 0 saturated carbocycles. The van der Waals surface area contributed by atoms with Gasteiger partial charge in [0.25, 0.3) is 0 Å². The van der Waals surface area contributed by atoms with E-state index in [1.165, 1.54) is 17.4 Å². The van der Waals surface area contributed by atoms with Gasteiger partial charge in [-0.15, -0.1) is 11.3 Å². The minimum atomic E-state index is -0.239. The van der Waals surface area contributed by atoms with E-state index in [9.17, 15) is 4.79 Å². The number of nitrogens with zero attached hydrogens (tertiary/aromatic N) is 2. The molecule has 0 radical (unpaired) electrons. The first kappa shape index (κ1) is 17.6. The molecule has 7 heteroatoms. The van der Waals surface area contributed by atoms with Gasteiger partial charge in [-0.05, 0) is 30.3 Å². The number of halogens is 2. The number of rotatable bonds is 5. The van der Waals surface area contributed by atoms with Crippen LogP contribution in [0.15, 0.2) is 54.2 Å². The molecular weight excluding hydrogens is 377 g/mol. The van der Waals surface area contributed by atoms with Crippen LogP contribution in [0.1, 0.15) is 10.6 Å². The molecule has 2 aromatic heterocycles. The monoisotopic (exact) mass is 389 g/mol. The molecule has 0 saturated heterocycles. The predicted octanol–water partition coefficient (Wildman–Crippen LogP) is 4.84. The minimum Gasteiger partial charge on any atom is -0.346 e. The van der Waals surface area contributed by atoms with Gasteiger partial charge < -0.3 is 5.32 Å². The third kappa shape index (κ3) is 4.66. The molecule has 126 valence electrons. The van der Waals surface area contributed by atoms with Crippen molar-refractivity contribution in [3.8, 4) is 11.3 Å². The molecule has 25 heavy (non-hydrogen) atoms. The van der Waals surface area contributed by atoms with Crippen LogP contribution in [0.3, 0.4) is 0 Å². The van der Waals surface area contributed by atoms with Crippen molar-refractivity contribution in [2.45, 2.75) is 6.54 Å². The molecule has 3 rings (SSSR count). The first-order valence-electron chi connectivity index (χ1n) is 7.38. The van der Waals surface area contributed by atoms with Gasteiger partial charge >= 0.3 is 0 Å². The summed E-state index contributed by atoms with van der Waals surface area (Å²) in [7, 11) is 0. The molecule has 0 fully saturated rings. The van der Waals surface area contributed by atoms with E-state index in [1.54, 1.807) is 36.7 Å². The molecule has 2 heterocycles. The largest absolute Gasteiger partial charge is 0.346 e. The molecule has 0 aliphatic carbocycles. The Balaban J connectivity index is 1.60. The zero-order valence-corrected chi connectivity index (χ0v) is 15.3. The average Bonchev–Trinajstić information content (AvgIpc) is 3.09. The number of hydrogen-bond acceptors (Lipinski definition) is 4. The van der Waals surface area contributed by atoms with Crippen molar-refractivity contribution in [2.75, 3.05) is 0 Å². The molecule has 0 bridgehead atoms. The van der Waals surface area contributed by atoms with Crippen LogP contribution in [0, 0.1) is 0 Å². The van der Waals surface area contributed by atoms with Crippen LogP contribution in [0.5, 0.6) is 0 Å². The zero-order valence-electron chi connectivity index (χ0n) is 12.9. The van der Waals surface area contributed by atoms with Gasteiger partial charge in [0.1, 0.15) is 5.01 Å². The van der Waals surface area contributed by atoms with E-state index < -0.39 is 0 Å². The number of thiazole rings is 1. The first-order valence-corrected chi connectivity index (χ1v) is 9.02. The van der Waals surface area contributed by atoms with Gasteiger partial charge in [-0.1, -0.05) is 29.3 Å². The Labute approximate surface area is 159 Å². The molecule has 1 aromatic carbocycles. The lowest BCUT2D eigenvalue weighted by Gasteiger charge is -2.01. The lowest BCUT2D eigenvalue weighted by molar-refractivity contribution is -0.116. The van der Waals surface area contributed by atoms with Crippen molar-refractivity contribution in [3.05, 3.63) is 74.8 Å². The smallest absolute Gasteiger partial charge is 0.244 e. The number of amides is 1. The number of hydrogen-bond donors (Lipinski definition) is 1. The lowest BCUT2D eigenvalue weighted by Crippen LogP contribution is -2.20. The fourth-order valence-electron chi connectivity index (χ4n) is 2.10. The third-order valence-electron chi connectivity index (χ3n) is 3.34. The van der Waals surface area contributed by atoms with Crippen LogP contribution >= 0.6 is 34.5 Å². The van der Waals surface area contributed by atoms with Crippen LogP contribution in [-0.2, 0) is 11.3 Å². The second-order valence-corrected chi connectivity index (χ2v) is 6.81. The van der Waals surface area contributed by atoms with E-state index in [-0.39, 0.29) is 5.91 Å². The fraction of sp³-hybridized carbons (Fsp3) is 0.0556. The maximum absolute atomic E-state index is 12.0. The van der Waals surface area contributed by atoms with Gasteiger partial charge in [-0.3, -0.25) is 9.78 Å². The second-order valence-electron chi connectivity index (χ2n) is 5.05. The normalized spacial score (nSPS) is 11.0. The summed E-state index contributed by atoms with van der Waals surface area (Å²) in [5.74, 6) is -0.239. The van der Waals surface area contributed by atoms with Gasteiger partial charge in [-0.2, -0.15) is 0 Å². The van der Waals surface area contributed by atoms with Crippen molar-refractivity contribution in [3.63, 3.8) is 0 Å². The number of carbonyl (C=O) groups excluding carboxylic acids is 1. The van der Waals surface area contributed by atoms with E-state index in [2.05, 4.69) is 15.3 Å². The number of nitrogens with one attached hydrogen (secondary N) is 1. The molecule has 0 aliphatic heterocycles. The van der Waals surface area contributed by atoms with Crippen molar-refractivity contribution >= 4 is 46.5 Å². The predicted molar refractivity (Wildman–Crippen MR) is 103 cm³/mol. The molecule has 1 amide bonds. The van der Waals surface area contributed by atoms with Crippen molar-refractivity contribution in [1.29, 1.82) is 0 Å². The Morgan fingerprint density at radius 1 is 1.16 bits per heavy atom. The SMILES string of the molecule is O=C(/C=C/c1c(Cl)cccc1Cl)NCc1nc(-c2ccncc2)cs1. The maximum Gasteiger partial charge on any atom is 0.244 e. The van der Waals surface area contributed by atoms with Crippen LogP contribution in [0.25, 0.3) is 17.3 Å². The highest BCUT2D eigenvalue weighted by Gasteiger charge is 2.06. The fourth-order valence-corrected chi connectivity index (χ4v) is 3.36. The van der Waals surface area contributed by atoms with E-state index in [1.807, 2.05) is 17.5 Å². The Morgan fingerprint density at radius 2 is 1.88 bits per heavy atom. The number of benzene rings is 1. The van der Waals surface area contributed by atoms with Crippen molar-refractivity contribution < 1.29 is 4.79 Å². The summed E-state index contributed by atoms with van der Waals surface area (Å²) in [4.78, 5) is 20.5. The summed E-state index contributed by atoms with van der Waals surface area (Å²) < 4.78 is 0. The van der Waals surface area contributed by atoms with Gasteiger partial charge in [0.15, 0.2) is 0 Å². The van der Waals surface area contributed by atoms with Gasteiger partial charge in [0, 0.05) is 45.0 Å². The van der Waals surface area contributed by atoms with Crippen molar-refractivity contribution in [1.82, 2.24) is 15.3 Å². The summed E-state index contributed by atoms with van der Waals surface area (Å²) in [6.45, 7) is 0.356. The summed E-state index contributed by atoms with van der Waals surface area (Å²) in [5.41, 5.74) is 2.49. The van der Waals surface area contributed by atoms with Crippen LogP contribution < -0.4 is 5.32 Å². The molecule has 4 nitrogen and oxygen atoms in total. The highest BCUT2D eigenvalue weighted by atomic mass is 35.5. The molecule has 0 atom stereocenters. The maximum atomic E-state index is 12.0. The Kier molecular flexibility index (Phi) is 5.81. The molecule has 3 aromatic rings. The van der Waals surface area contributed by atoms with Gasteiger partial charge in [0.05, 0.1) is 12.2 Å². The van der Waals surface area contributed by atoms with E-state index in [0.717, 1.165) is 16.3 Å². The first-order chi connectivity index (χ1) is 12.1. The van der Waals surface area contributed by atoms with Crippen LogP contribution in [0.2, 0.25) is 10.0 Å². The van der Waals surface area contributed by atoms with E-state index in [0.29, 0.717) is 22.2 Å². The molecular formula is C18H13Cl2N3OS. The lowest BCUT2D eigenvalue weighted by atomic mass is 10.2. The Hall–Kier alpha value is -2.21. The highest BCUT2D eigenvalue weighted by molar-refractivity contribution is 7.09. The molecule has 0 spiro atoms. The quantitative estimate of drug-likeness (QED) is 0.635.